The van der Waals surface area contributed by atoms with Crippen molar-refractivity contribution in [1.29, 1.82) is 0 Å². The number of H-pyrrole nitrogens is 1. The van der Waals surface area contributed by atoms with Crippen molar-refractivity contribution in [3.63, 3.8) is 0 Å². The van der Waals surface area contributed by atoms with Crippen LogP contribution in [0, 0.1) is 0 Å². The maximum Gasteiger partial charge on any atom is 0.272 e. The molecule has 0 aliphatic carbocycles. The molecule has 23 heavy (non-hydrogen) atoms. The Balaban J connectivity index is 1.86. The number of aromatic nitrogens is 2. The minimum absolute atomic E-state index is 0.135. The quantitative estimate of drug-likeness (QED) is 0.872. The number of carbonyl (C=O) groups is 1. The number of hydrogen-bond acceptors (Lipinski definition) is 5. The molecule has 0 bridgehead atoms. The highest BCUT2D eigenvalue weighted by atomic mass is 16.5. The summed E-state index contributed by atoms with van der Waals surface area (Å²) in [6.45, 7) is 3.50. The van der Waals surface area contributed by atoms with Crippen molar-refractivity contribution in [3.8, 4) is 0 Å². The summed E-state index contributed by atoms with van der Waals surface area (Å²) in [6.07, 6.45) is 0.504. The number of aromatic amines is 1. The van der Waals surface area contributed by atoms with Crippen LogP contribution in [0.5, 0.6) is 0 Å². The predicted octanol–water partition coefficient (Wildman–Crippen LogP) is 0.847. The van der Waals surface area contributed by atoms with Crippen LogP contribution in [0.1, 0.15) is 23.8 Å². The molecule has 7 nitrogen and oxygen atoms in total. The third-order valence-electron chi connectivity index (χ3n) is 3.91. The summed E-state index contributed by atoms with van der Waals surface area (Å²) >= 11 is 0. The van der Waals surface area contributed by atoms with Crippen LogP contribution in [0.3, 0.4) is 0 Å². The minimum atomic E-state index is -0.325. The minimum Gasteiger partial charge on any atom is -0.379 e. The molecule has 1 saturated heterocycles. The van der Waals surface area contributed by atoms with Gasteiger partial charge in [0.1, 0.15) is 6.10 Å². The maximum absolute atomic E-state index is 12.6. The number of hydrogen-bond donors (Lipinski definition) is 2. The van der Waals surface area contributed by atoms with Crippen LogP contribution in [0.4, 0.5) is 0 Å². The van der Waals surface area contributed by atoms with Gasteiger partial charge in [0.15, 0.2) is 5.69 Å². The van der Waals surface area contributed by atoms with Crippen LogP contribution in [0.25, 0.3) is 10.8 Å². The van der Waals surface area contributed by atoms with E-state index in [4.69, 9.17) is 9.47 Å². The van der Waals surface area contributed by atoms with E-state index in [1.165, 1.54) is 0 Å². The Kier molecular flexibility index (Phi) is 4.68. The summed E-state index contributed by atoms with van der Waals surface area (Å²) in [4.78, 5) is 24.4. The molecule has 2 N–H and O–H groups in total. The lowest BCUT2D eigenvalue weighted by Crippen LogP contribution is -2.50. The van der Waals surface area contributed by atoms with E-state index in [0.29, 0.717) is 37.0 Å². The van der Waals surface area contributed by atoms with Gasteiger partial charge in [-0.15, -0.1) is 0 Å². The van der Waals surface area contributed by atoms with Crippen LogP contribution < -0.4 is 10.9 Å². The van der Waals surface area contributed by atoms with Gasteiger partial charge in [-0.25, -0.2) is 5.10 Å². The average molecular weight is 317 g/mol. The lowest BCUT2D eigenvalue weighted by Gasteiger charge is -2.31. The Morgan fingerprint density at radius 1 is 1.43 bits per heavy atom. The van der Waals surface area contributed by atoms with Crippen molar-refractivity contribution in [1.82, 2.24) is 15.5 Å². The molecule has 1 aliphatic rings. The molecule has 0 saturated carbocycles. The van der Waals surface area contributed by atoms with Gasteiger partial charge >= 0.3 is 0 Å². The van der Waals surface area contributed by atoms with Crippen molar-refractivity contribution >= 4 is 16.7 Å². The van der Waals surface area contributed by atoms with E-state index in [-0.39, 0.29) is 29.3 Å². The Labute approximate surface area is 133 Å². The molecule has 0 radical (unpaired) electrons. The smallest absolute Gasteiger partial charge is 0.272 e. The summed E-state index contributed by atoms with van der Waals surface area (Å²) in [5, 5.41) is 10.2. The molecule has 122 valence electrons. The zero-order valence-electron chi connectivity index (χ0n) is 12.9. The van der Waals surface area contributed by atoms with Gasteiger partial charge in [-0.1, -0.05) is 18.2 Å². The van der Waals surface area contributed by atoms with E-state index in [1.54, 1.807) is 24.3 Å². The van der Waals surface area contributed by atoms with Gasteiger partial charge in [0, 0.05) is 18.6 Å². The largest absolute Gasteiger partial charge is 0.379 e. The van der Waals surface area contributed by atoms with Gasteiger partial charge in [-0.3, -0.25) is 9.59 Å². The molecule has 7 heteroatoms. The second-order valence-corrected chi connectivity index (χ2v) is 5.38. The third-order valence-corrected chi connectivity index (χ3v) is 3.91. The highest BCUT2D eigenvalue weighted by Crippen LogP contribution is 2.15. The molecule has 1 aliphatic heterocycles. The van der Waals surface area contributed by atoms with Crippen LogP contribution in [-0.2, 0) is 9.47 Å². The first-order valence-electron chi connectivity index (χ1n) is 7.68. The molecule has 2 aromatic rings. The molecule has 0 unspecified atom stereocenters. The molecule has 3 rings (SSSR count). The van der Waals surface area contributed by atoms with Crippen molar-refractivity contribution in [2.45, 2.75) is 25.5 Å². The molecule has 0 spiro atoms. The average Bonchev–Trinajstić information content (AvgIpc) is 2.57. The second-order valence-electron chi connectivity index (χ2n) is 5.38. The number of nitrogens with zero attached hydrogens (tertiary/aromatic N) is 1. The number of ether oxygens (including phenoxy) is 2. The SMILES string of the molecule is CCO[C@@H]1COCC[C@H]1NC(=O)c1n[nH]c(=O)c2ccccc12. The molecule has 1 fully saturated rings. The lowest BCUT2D eigenvalue weighted by molar-refractivity contribution is -0.0632. The fraction of sp³-hybridized carbons (Fsp3) is 0.438. The Hall–Kier alpha value is -2.25. The number of rotatable bonds is 4. The van der Waals surface area contributed by atoms with Gasteiger partial charge in [0.05, 0.1) is 18.0 Å². The summed E-state index contributed by atoms with van der Waals surface area (Å²) in [5.41, 5.74) is -0.0997. The lowest BCUT2D eigenvalue weighted by atomic mass is 10.1. The highest BCUT2D eigenvalue weighted by molar-refractivity contribution is 6.04. The monoisotopic (exact) mass is 317 g/mol. The van der Waals surface area contributed by atoms with Gasteiger partial charge in [0.25, 0.3) is 11.5 Å². The number of amides is 1. The molecule has 1 aromatic carbocycles. The zero-order chi connectivity index (χ0) is 16.2. The maximum atomic E-state index is 12.6. The predicted molar refractivity (Wildman–Crippen MR) is 84.5 cm³/mol. The first kappa shape index (κ1) is 15.6. The second kappa shape index (κ2) is 6.89. The Bertz CT molecular complexity index is 756. The molecular weight excluding hydrogens is 298 g/mol. The van der Waals surface area contributed by atoms with E-state index < -0.39 is 0 Å². The van der Waals surface area contributed by atoms with Gasteiger partial charge < -0.3 is 14.8 Å². The molecule has 1 amide bonds. The van der Waals surface area contributed by atoms with Crippen molar-refractivity contribution < 1.29 is 14.3 Å². The Morgan fingerprint density at radius 3 is 3.00 bits per heavy atom. The van der Waals surface area contributed by atoms with E-state index in [0.717, 1.165) is 0 Å². The van der Waals surface area contributed by atoms with Crippen LogP contribution in [-0.4, -0.2) is 48.1 Å². The summed E-state index contributed by atoms with van der Waals surface area (Å²) in [6, 6.07) is 6.78. The van der Waals surface area contributed by atoms with Crippen molar-refractivity contribution in [2.24, 2.45) is 0 Å². The number of fused-ring (bicyclic) bond motifs is 1. The fourth-order valence-electron chi connectivity index (χ4n) is 2.78. The highest BCUT2D eigenvalue weighted by Gasteiger charge is 2.28. The summed E-state index contributed by atoms with van der Waals surface area (Å²) in [7, 11) is 0. The first-order valence-corrected chi connectivity index (χ1v) is 7.68. The number of carbonyl (C=O) groups excluding carboxylic acids is 1. The van der Waals surface area contributed by atoms with E-state index in [1.807, 2.05) is 6.92 Å². The fourth-order valence-corrected chi connectivity index (χ4v) is 2.78. The third kappa shape index (κ3) is 3.25. The van der Waals surface area contributed by atoms with Gasteiger partial charge in [-0.05, 0) is 19.4 Å². The van der Waals surface area contributed by atoms with Crippen LogP contribution in [0.2, 0.25) is 0 Å². The topological polar surface area (TPSA) is 93.3 Å². The molecule has 2 atom stereocenters. The summed E-state index contributed by atoms with van der Waals surface area (Å²) in [5.74, 6) is -0.325. The van der Waals surface area contributed by atoms with Crippen molar-refractivity contribution in [2.75, 3.05) is 19.8 Å². The molecule has 2 heterocycles. The molecule has 1 aromatic heterocycles. The molecular formula is C16H19N3O4. The normalized spacial score (nSPS) is 21.3. The number of nitrogens with one attached hydrogen (secondary N) is 2. The van der Waals surface area contributed by atoms with Crippen LogP contribution >= 0.6 is 0 Å². The summed E-state index contributed by atoms with van der Waals surface area (Å²) < 4.78 is 11.0. The van der Waals surface area contributed by atoms with Gasteiger partial charge in [0.2, 0.25) is 0 Å². The van der Waals surface area contributed by atoms with E-state index in [9.17, 15) is 9.59 Å². The first-order chi connectivity index (χ1) is 11.2. The number of benzene rings is 1. The van der Waals surface area contributed by atoms with E-state index >= 15 is 0 Å². The van der Waals surface area contributed by atoms with Crippen LogP contribution in [0.15, 0.2) is 29.1 Å². The van der Waals surface area contributed by atoms with E-state index in [2.05, 4.69) is 15.5 Å². The standard InChI is InChI=1S/C16H19N3O4/c1-2-23-13-9-22-8-7-12(13)17-16(21)14-10-5-3-4-6-11(10)15(20)19-18-14/h3-6,12-13H,2,7-9H2,1H3,(H,17,21)(H,19,20)/t12-,13-/m1/s1. The zero-order valence-corrected chi connectivity index (χ0v) is 12.9. The Morgan fingerprint density at radius 2 is 2.22 bits per heavy atom. The van der Waals surface area contributed by atoms with Crippen molar-refractivity contribution in [3.05, 3.63) is 40.3 Å². The van der Waals surface area contributed by atoms with Gasteiger partial charge in [-0.2, -0.15) is 5.10 Å².